The SMILES string of the molecule is BC(B)(O)C1OC(n2ccc(=O)[nH]c2=O)C(OC)C1OP(=O)(OC)OC. The minimum absolute atomic E-state index is 0.576. The molecule has 2 rings (SSSR count). The average molecular weight is 390 g/mol. The fourth-order valence-electron chi connectivity index (χ4n) is 2.74. The maximum atomic E-state index is 12.4. The topological polar surface area (TPSA) is 138 Å². The third kappa shape index (κ3) is 4.20. The fourth-order valence-corrected chi connectivity index (χ4v) is 3.59. The van der Waals surface area contributed by atoms with Crippen LogP contribution in [0.1, 0.15) is 6.23 Å². The van der Waals surface area contributed by atoms with E-state index in [0.717, 1.165) is 24.9 Å². The second-order valence-electron chi connectivity index (χ2n) is 6.20. The average Bonchev–Trinajstić information content (AvgIpc) is 2.92. The van der Waals surface area contributed by atoms with E-state index in [9.17, 15) is 19.3 Å². The van der Waals surface area contributed by atoms with Gasteiger partial charge in [0, 0.05) is 39.0 Å². The van der Waals surface area contributed by atoms with Crippen molar-refractivity contribution in [1.82, 2.24) is 9.55 Å². The number of aromatic nitrogens is 2. The molecule has 2 heterocycles. The van der Waals surface area contributed by atoms with Crippen molar-refractivity contribution < 1.29 is 32.7 Å². The summed E-state index contributed by atoms with van der Waals surface area (Å²) in [6.45, 7) is 0. The second kappa shape index (κ2) is 7.81. The van der Waals surface area contributed by atoms with Crippen molar-refractivity contribution >= 4 is 23.5 Å². The lowest BCUT2D eigenvalue weighted by molar-refractivity contribution is -0.0793. The van der Waals surface area contributed by atoms with E-state index in [-0.39, 0.29) is 0 Å². The van der Waals surface area contributed by atoms with Crippen LogP contribution in [-0.2, 0) is 27.6 Å². The number of H-pyrrole nitrogens is 1. The van der Waals surface area contributed by atoms with Gasteiger partial charge in [0.1, 0.15) is 34.0 Å². The van der Waals surface area contributed by atoms with Gasteiger partial charge in [0.15, 0.2) is 6.23 Å². The van der Waals surface area contributed by atoms with Gasteiger partial charge in [-0.3, -0.25) is 27.9 Å². The molecule has 26 heavy (non-hydrogen) atoms. The highest BCUT2D eigenvalue weighted by molar-refractivity contribution is 7.48. The molecule has 4 unspecified atom stereocenters. The summed E-state index contributed by atoms with van der Waals surface area (Å²) in [4.78, 5) is 25.5. The Morgan fingerprint density at radius 2 is 1.88 bits per heavy atom. The molecule has 0 aromatic carbocycles. The predicted molar refractivity (Wildman–Crippen MR) is 94.6 cm³/mol. The number of aliphatic hydroxyl groups is 1. The van der Waals surface area contributed by atoms with Crippen LogP contribution in [0, 0.1) is 0 Å². The van der Waals surface area contributed by atoms with Crippen LogP contribution in [0.3, 0.4) is 0 Å². The third-order valence-electron chi connectivity index (χ3n) is 3.98. The van der Waals surface area contributed by atoms with E-state index in [1.807, 2.05) is 0 Å². The largest absolute Gasteiger partial charge is 0.474 e. The third-order valence-corrected chi connectivity index (χ3v) is 5.38. The highest BCUT2D eigenvalue weighted by Gasteiger charge is 2.54. The lowest BCUT2D eigenvalue weighted by Crippen LogP contribution is -2.51. The Balaban J connectivity index is 2.48. The molecule has 11 nitrogen and oxygen atoms in total. The Hall–Kier alpha value is -1.20. The molecule has 2 N–H and O–H groups in total. The minimum atomic E-state index is -3.94. The molecule has 0 saturated carbocycles. The van der Waals surface area contributed by atoms with E-state index in [1.54, 1.807) is 0 Å². The van der Waals surface area contributed by atoms with Gasteiger partial charge >= 0.3 is 13.5 Å². The summed E-state index contributed by atoms with van der Waals surface area (Å²) in [6.07, 6.45) is -2.94. The molecule has 1 aromatic rings. The van der Waals surface area contributed by atoms with Gasteiger partial charge in [0.2, 0.25) is 0 Å². The molecule has 4 atom stereocenters. The van der Waals surface area contributed by atoms with Crippen molar-refractivity contribution in [2.24, 2.45) is 0 Å². The van der Waals surface area contributed by atoms with Crippen LogP contribution in [-0.4, -0.2) is 75.4 Å². The fraction of sp³-hybridized carbons (Fsp3) is 0.667. The number of aromatic amines is 1. The van der Waals surface area contributed by atoms with E-state index in [0.29, 0.717) is 0 Å². The molecule has 1 aromatic heterocycles. The quantitative estimate of drug-likeness (QED) is 0.372. The Labute approximate surface area is 151 Å². The van der Waals surface area contributed by atoms with E-state index < -0.39 is 49.0 Å². The van der Waals surface area contributed by atoms with E-state index >= 15 is 0 Å². The van der Waals surface area contributed by atoms with Crippen molar-refractivity contribution in [3.63, 3.8) is 0 Å². The molecule has 0 aliphatic carbocycles. The summed E-state index contributed by atoms with van der Waals surface area (Å²) in [5.74, 6) is 0. The first-order chi connectivity index (χ1) is 12.1. The Morgan fingerprint density at radius 3 is 2.35 bits per heavy atom. The lowest BCUT2D eigenvalue weighted by atomic mass is 9.61. The molecule has 1 aliphatic heterocycles. The van der Waals surface area contributed by atoms with Crippen molar-refractivity contribution in [2.75, 3.05) is 21.3 Å². The highest BCUT2D eigenvalue weighted by atomic mass is 31.2. The van der Waals surface area contributed by atoms with Gasteiger partial charge in [0.05, 0.1) is 0 Å². The van der Waals surface area contributed by atoms with Crippen LogP contribution in [0.15, 0.2) is 21.9 Å². The Morgan fingerprint density at radius 1 is 1.27 bits per heavy atom. The highest BCUT2D eigenvalue weighted by Crippen LogP contribution is 2.52. The summed E-state index contributed by atoms with van der Waals surface area (Å²) in [5.41, 5.74) is -1.31. The van der Waals surface area contributed by atoms with Gasteiger partial charge in [-0.15, -0.1) is 0 Å². The van der Waals surface area contributed by atoms with Crippen molar-refractivity contribution in [3.8, 4) is 0 Å². The molecular formula is C12H21B2N2O9P. The van der Waals surface area contributed by atoms with Crippen LogP contribution in [0.2, 0.25) is 0 Å². The summed E-state index contributed by atoms with van der Waals surface area (Å²) in [5, 5.41) is 8.99. The molecule has 0 bridgehead atoms. The predicted octanol–water partition coefficient (Wildman–Crippen LogP) is -2.85. The monoisotopic (exact) mass is 390 g/mol. The number of nitrogens with one attached hydrogen (secondary N) is 1. The number of phosphoric acid groups is 1. The number of methoxy groups -OCH3 is 1. The molecule has 0 radical (unpaired) electrons. The molecule has 1 fully saturated rings. The lowest BCUT2D eigenvalue weighted by Gasteiger charge is -2.31. The zero-order valence-electron chi connectivity index (χ0n) is 15.1. The first kappa shape index (κ1) is 21.1. The summed E-state index contributed by atoms with van der Waals surface area (Å²) in [7, 11) is 2.61. The number of hydrogen-bond donors (Lipinski definition) is 2. The van der Waals surface area contributed by atoms with Gasteiger partial charge in [0.25, 0.3) is 5.56 Å². The van der Waals surface area contributed by atoms with Crippen LogP contribution in [0.25, 0.3) is 0 Å². The van der Waals surface area contributed by atoms with Gasteiger partial charge < -0.3 is 14.6 Å². The van der Waals surface area contributed by atoms with Gasteiger partial charge in [-0.25, -0.2) is 9.36 Å². The number of hydrogen-bond acceptors (Lipinski definition) is 9. The van der Waals surface area contributed by atoms with Crippen molar-refractivity contribution in [2.45, 2.75) is 29.9 Å². The number of rotatable bonds is 7. The summed E-state index contributed by atoms with van der Waals surface area (Å²) >= 11 is 0. The van der Waals surface area contributed by atoms with Crippen LogP contribution in [0.4, 0.5) is 0 Å². The Kier molecular flexibility index (Phi) is 6.34. The number of nitrogens with zero attached hydrogens (tertiary/aromatic N) is 1. The summed E-state index contributed by atoms with van der Waals surface area (Å²) in [6, 6.07) is 1.14. The van der Waals surface area contributed by atoms with Crippen molar-refractivity contribution in [3.05, 3.63) is 33.1 Å². The normalized spacial score (nSPS) is 26.9. The Bertz CT molecular complexity index is 784. The molecular weight excluding hydrogens is 369 g/mol. The second-order valence-corrected chi connectivity index (χ2v) is 8.04. The van der Waals surface area contributed by atoms with Crippen molar-refractivity contribution in [1.29, 1.82) is 0 Å². The van der Waals surface area contributed by atoms with E-state index in [2.05, 4.69) is 4.98 Å². The molecule has 0 amide bonds. The van der Waals surface area contributed by atoms with Gasteiger partial charge in [-0.1, -0.05) is 0 Å². The minimum Gasteiger partial charge on any atom is -0.405 e. The van der Waals surface area contributed by atoms with Crippen LogP contribution < -0.4 is 11.2 Å². The first-order valence-electron chi connectivity index (χ1n) is 7.68. The molecule has 144 valence electrons. The molecule has 14 heteroatoms. The first-order valence-corrected chi connectivity index (χ1v) is 9.14. The maximum absolute atomic E-state index is 12.4. The van der Waals surface area contributed by atoms with Gasteiger partial charge in [-0.2, -0.15) is 0 Å². The van der Waals surface area contributed by atoms with E-state index in [4.69, 9.17) is 23.0 Å². The number of phosphoric ester groups is 1. The smallest absolute Gasteiger partial charge is 0.405 e. The molecule has 1 aliphatic rings. The zero-order valence-corrected chi connectivity index (χ0v) is 16.0. The molecule has 0 spiro atoms. The van der Waals surface area contributed by atoms with Crippen LogP contribution >= 0.6 is 7.82 Å². The summed E-state index contributed by atoms with van der Waals surface area (Å²) < 4.78 is 39.7. The van der Waals surface area contributed by atoms with Crippen LogP contribution in [0.5, 0.6) is 0 Å². The standard InChI is InChI=1S/C12H21B2N2O9P/c1-21-8-7(25-26(20,22-2)23-3)9(12(13,14)19)24-10(8)16-5-4-6(17)15-11(16)18/h4-5,7-10,19H,13-14H2,1-3H3,(H,15,17,18). The van der Waals surface area contributed by atoms with E-state index in [1.165, 1.54) is 29.0 Å². The maximum Gasteiger partial charge on any atom is 0.474 e. The zero-order chi connectivity index (χ0) is 19.7. The van der Waals surface area contributed by atoms with Gasteiger partial charge in [-0.05, 0) is 0 Å². The number of ether oxygens (including phenoxy) is 2. The molecule has 1 saturated heterocycles.